The number of fused-ring (bicyclic) bond motifs is 3. The van der Waals surface area contributed by atoms with Gasteiger partial charge in [0, 0.05) is 24.5 Å². The van der Waals surface area contributed by atoms with Crippen LogP contribution in [0.4, 0.5) is 0 Å². The monoisotopic (exact) mass is 314 g/mol. The largest absolute Gasteiger partial charge is 0.448 e. The summed E-state index contributed by atoms with van der Waals surface area (Å²) in [5.41, 5.74) is 2.18. The zero-order valence-electron chi connectivity index (χ0n) is 14.6. The summed E-state index contributed by atoms with van der Waals surface area (Å²) < 4.78 is 7.57. The molecule has 3 heterocycles. The third-order valence-corrected chi connectivity index (χ3v) is 5.71. The number of amides is 1. The molecule has 0 aromatic carbocycles. The topological polar surface area (TPSA) is 38.4 Å². The molecule has 2 fully saturated rings. The highest BCUT2D eigenvalue weighted by Gasteiger charge is 2.51. The molecule has 2 atom stereocenters. The lowest BCUT2D eigenvalue weighted by Crippen LogP contribution is -2.38. The molecule has 1 saturated heterocycles. The maximum atomic E-state index is 13.3. The minimum absolute atomic E-state index is 0.171. The second-order valence-corrected chi connectivity index (χ2v) is 8.60. The predicted molar refractivity (Wildman–Crippen MR) is 90.4 cm³/mol. The van der Waals surface area contributed by atoms with Crippen LogP contribution >= 0.6 is 0 Å². The summed E-state index contributed by atoms with van der Waals surface area (Å²) in [5.74, 6) is 0.171. The molecule has 4 rings (SSSR count). The first-order valence-electron chi connectivity index (χ1n) is 8.70. The van der Waals surface area contributed by atoms with Crippen LogP contribution in [0.5, 0.6) is 0 Å². The van der Waals surface area contributed by atoms with Crippen LogP contribution in [0.3, 0.4) is 0 Å². The van der Waals surface area contributed by atoms with Gasteiger partial charge in [0.15, 0.2) is 0 Å². The Morgan fingerprint density at radius 2 is 2.13 bits per heavy atom. The van der Waals surface area contributed by atoms with Gasteiger partial charge >= 0.3 is 0 Å². The van der Waals surface area contributed by atoms with E-state index in [1.807, 2.05) is 16.7 Å². The predicted octanol–water partition coefficient (Wildman–Crippen LogP) is 4.30. The van der Waals surface area contributed by atoms with Crippen LogP contribution in [-0.4, -0.2) is 28.0 Å². The lowest BCUT2D eigenvalue weighted by atomic mass is 9.65. The Kier molecular flexibility index (Phi) is 3.00. The van der Waals surface area contributed by atoms with Crippen molar-refractivity contribution in [1.29, 1.82) is 0 Å². The van der Waals surface area contributed by atoms with E-state index in [1.165, 1.54) is 6.42 Å². The van der Waals surface area contributed by atoms with Gasteiger partial charge in [0.1, 0.15) is 5.69 Å². The zero-order valence-corrected chi connectivity index (χ0v) is 14.6. The van der Waals surface area contributed by atoms with Crippen molar-refractivity contribution in [2.75, 3.05) is 6.54 Å². The molecule has 2 aromatic rings. The lowest BCUT2D eigenvalue weighted by Gasteiger charge is -2.39. The Labute approximate surface area is 137 Å². The summed E-state index contributed by atoms with van der Waals surface area (Å²) >= 11 is 0. The third kappa shape index (κ3) is 2.22. The molecular weight excluding hydrogens is 288 g/mol. The zero-order chi connectivity index (χ0) is 16.4. The van der Waals surface area contributed by atoms with E-state index in [4.69, 9.17) is 4.42 Å². The van der Waals surface area contributed by atoms with E-state index in [9.17, 15) is 4.79 Å². The fraction of sp³-hybridized carbons (Fsp3) is 0.632. The van der Waals surface area contributed by atoms with Crippen LogP contribution in [0, 0.1) is 10.8 Å². The third-order valence-electron chi connectivity index (χ3n) is 5.71. The molecule has 124 valence electrons. The van der Waals surface area contributed by atoms with E-state index in [0.29, 0.717) is 11.5 Å². The van der Waals surface area contributed by atoms with Crippen LogP contribution in [0.1, 0.15) is 57.4 Å². The molecule has 2 aromatic heterocycles. The van der Waals surface area contributed by atoms with Gasteiger partial charge in [0.25, 0.3) is 5.91 Å². The number of hydrogen-bond donors (Lipinski definition) is 0. The molecule has 1 aliphatic heterocycles. The average molecular weight is 314 g/mol. The van der Waals surface area contributed by atoms with Crippen molar-refractivity contribution in [2.45, 2.75) is 59.5 Å². The number of likely N-dealkylation sites (tertiary alicyclic amines) is 1. The smallest absolute Gasteiger partial charge is 0.270 e. The first-order chi connectivity index (χ1) is 10.8. The molecule has 4 nitrogen and oxygen atoms in total. The van der Waals surface area contributed by atoms with Crippen LogP contribution < -0.4 is 0 Å². The summed E-state index contributed by atoms with van der Waals surface area (Å²) in [6.07, 6.45) is 5.15. The number of nitrogens with zero attached hydrogens (tertiary/aromatic N) is 2. The minimum Gasteiger partial charge on any atom is -0.448 e. The van der Waals surface area contributed by atoms with Gasteiger partial charge in [-0.2, -0.15) is 0 Å². The van der Waals surface area contributed by atoms with Gasteiger partial charge in [0.2, 0.25) is 5.71 Å². The standard InChI is InChI=1S/C19H26N2O2/c1-5-20-15(8-13-6-7-23-17(13)20)16(22)21-12-19(4)10-14(21)9-18(2,3)11-19/h6-8,14H,5,9-12H2,1-4H3. The molecular formula is C19H26N2O2. The van der Waals surface area contributed by atoms with Crippen molar-refractivity contribution in [3.05, 3.63) is 24.1 Å². The fourth-order valence-corrected chi connectivity index (χ4v) is 5.31. The maximum Gasteiger partial charge on any atom is 0.270 e. The summed E-state index contributed by atoms with van der Waals surface area (Å²) in [7, 11) is 0. The highest BCUT2D eigenvalue weighted by atomic mass is 16.3. The summed E-state index contributed by atoms with van der Waals surface area (Å²) in [5, 5.41) is 1.02. The fourth-order valence-electron chi connectivity index (χ4n) is 5.31. The molecule has 1 amide bonds. The van der Waals surface area contributed by atoms with Gasteiger partial charge < -0.3 is 13.9 Å². The molecule has 23 heavy (non-hydrogen) atoms. The van der Waals surface area contributed by atoms with Crippen LogP contribution in [0.25, 0.3) is 11.1 Å². The second-order valence-electron chi connectivity index (χ2n) is 8.60. The minimum atomic E-state index is 0.171. The van der Waals surface area contributed by atoms with Gasteiger partial charge in [-0.05, 0) is 49.1 Å². The molecule has 0 spiro atoms. The first kappa shape index (κ1) is 14.9. The Morgan fingerprint density at radius 1 is 1.35 bits per heavy atom. The molecule has 1 saturated carbocycles. The first-order valence-corrected chi connectivity index (χ1v) is 8.70. The van der Waals surface area contributed by atoms with Gasteiger partial charge in [-0.25, -0.2) is 0 Å². The van der Waals surface area contributed by atoms with E-state index in [0.717, 1.165) is 42.7 Å². The van der Waals surface area contributed by atoms with E-state index in [-0.39, 0.29) is 11.3 Å². The van der Waals surface area contributed by atoms with Gasteiger partial charge in [-0.15, -0.1) is 0 Å². The van der Waals surface area contributed by atoms with Crippen LogP contribution in [0.2, 0.25) is 0 Å². The molecule has 4 heteroatoms. The number of hydrogen-bond acceptors (Lipinski definition) is 2. The van der Waals surface area contributed by atoms with Gasteiger partial charge in [-0.1, -0.05) is 20.8 Å². The molecule has 0 radical (unpaired) electrons. The van der Waals surface area contributed by atoms with E-state index >= 15 is 0 Å². The molecule has 0 N–H and O–H groups in total. The number of aryl methyl sites for hydroxylation is 1. The highest BCUT2D eigenvalue weighted by molar-refractivity contribution is 5.98. The number of carbonyl (C=O) groups is 1. The Bertz CT molecular complexity index is 770. The van der Waals surface area contributed by atoms with Gasteiger partial charge in [0.05, 0.1) is 6.26 Å². The normalized spacial score (nSPS) is 29.4. The van der Waals surface area contributed by atoms with Crippen molar-refractivity contribution in [3.63, 3.8) is 0 Å². The molecule has 1 aliphatic carbocycles. The van der Waals surface area contributed by atoms with Crippen molar-refractivity contribution in [1.82, 2.24) is 9.47 Å². The average Bonchev–Trinajstić information content (AvgIpc) is 3.07. The van der Waals surface area contributed by atoms with Crippen molar-refractivity contribution >= 4 is 17.0 Å². The Hall–Kier alpha value is -1.71. The number of aromatic nitrogens is 1. The second kappa shape index (κ2) is 4.65. The lowest BCUT2D eigenvalue weighted by molar-refractivity contribution is 0.0697. The van der Waals surface area contributed by atoms with E-state index in [2.05, 4.69) is 32.6 Å². The SMILES string of the molecule is CCn1c(C(=O)N2CC3(C)CC2CC(C)(C)C3)cc2ccoc21. The maximum absolute atomic E-state index is 13.3. The van der Waals surface area contributed by atoms with E-state index in [1.54, 1.807) is 6.26 Å². The molecule has 2 bridgehead atoms. The highest BCUT2D eigenvalue weighted by Crippen LogP contribution is 2.52. The van der Waals surface area contributed by atoms with Crippen molar-refractivity contribution in [3.8, 4) is 0 Å². The van der Waals surface area contributed by atoms with Crippen LogP contribution in [-0.2, 0) is 6.54 Å². The number of furan rings is 1. The summed E-state index contributed by atoms with van der Waals surface area (Å²) in [6, 6.07) is 4.30. The quantitative estimate of drug-likeness (QED) is 0.829. The number of carbonyl (C=O) groups excluding carboxylic acids is 1. The molecule has 2 aliphatic rings. The van der Waals surface area contributed by atoms with Crippen molar-refractivity contribution < 1.29 is 9.21 Å². The molecule has 2 unspecified atom stereocenters. The number of rotatable bonds is 2. The summed E-state index contributed by atoms with van der Waals surface area (Å²) in [4.78, 5) is 15.4. The Morgan fingerprint density at radius 3 is 2.87 bits per heavy atom. The van der Waals surface area contributed by atoms with Gasteiger partial charge in [-0.3, -0.25) is 4.79 Å². The summed E-state index contributed by atoms with van der Waals surface area (Å²) in [6.45, 7) is 10.7. The van der Waals surface area contributed by atoms with Crippen molar-refractivity contribution in [2.24, 2.45) is 10.8 Å². The Balaban J connectivity index is 1.70. The van der Waals surface area contributed by atoms with Crippen LogP contribution in [0.15, 0.2) is 22.8 Å². The van der Waals surface area contributed by atoms with E-state index < -0.39 is 0 Å².